The smallest absolute Gasteiger partial charge is 0.319 e. The third-order valence-corrected chi connectivity index (χ3v) is 3.74. The van der Waals surface area contributed by atoms with Gasteiger partial charge in [-0.2, -0.15) is 0 Å². The van der Waals surface area contributed by atoms with E-state index in [1.54, 1.807) is 7.11 Å². The molecule has 0 radical (unpaired) electrons. The van der Waals surface area contributed by atoms with Crippen molar-refractivity contribution in [3.63, 3.8) is 0 Å². The molecule has 0 unspecified atom stereocenters. The Kier molecular flexibility index (Phi) is 6.29. The molecule has 6 heteroatoms. The van der Waals surface area contributed by atoms with Crippen molar-refractivity contribution in [2.45, 2.75) is 6.92 Å². The molecule has 0 heterocycles. The number of aryl methyl sites for hydroxylation is 1. The summed E-state index contributed by atoms with van der Waals surface area (Å²) in [4.78, 5) is 11.9. The van der Waals surface area contributed by atoms with E-state index in [2.05, 4.69) is 26.6 Å². The van der Waals surface area contributed by atoms with Gasteiger partial charge in [-0.05, 0) is 52.7 Å². The van der Waals surface area contributed by atoms with Crippen molar-refractivity contribution in [3.05, 3.63) is 52.5 Å². The highest BCUT2D eigenvalue weighted by Crippen LogP contribution is 2.25. The molecule has 2 N–H and O–H groups in total. The molecule has 0 fully saturated rings. The number of rotatable bonds is 6. The Morgan fingerprint density at radius 1 is 1.17 bits per heavy atom. The second-order valence-electron chi connectivity index (χ2n) is 4.86. The van der Waals surface area contributed by atoms with Gasteiger partial charge in [0, 0.05) is 4.47 Å². The van der Waals surface area contributed by atoms with E-state index >= 15 is 0 Å². The molecule has 2 aromatic rings. The van der Waals surface area contributed by atoms with Gasteiger partial charge in [0.2, 0.25) is 0 Å². The number of anilines is 1. The second-order valence-corrected chi connectivity index (χ2v) is 5.72. The van der Waals surface area contributed by atoms with Crippen LogP contribution >= 0.6 is 15.9 Å². The number of carbonyl (C=O) groups excluding carboxylic acids is 1. The largest absolute Gasteiger partial charge is 0.493 e. The Morgan fingerprint density at radius 3 is 2.61 bits per heavy atom. The van der Waals surface area contributed by atoms with E-state index in [9.17, 15) is 4.79 Å². The Hall–Kier alpha value is -2.21. The van der Waals surface area contributed by atoms with Gasteiger partial charge in [-0.3, -0.25) is 0 Å². The maximum absolute atomic E-state index is 11.9. The zero-order valence-electron chi connectivity index (χ0n) is 13.1. The maximum Gasteiger partial charge on any atom is 0.319 e. The van der Waals surface area contributed by atoms with Gasteiger partial charge in [-0.1, -0.05) is 18.2 Å². The van der Waals surface area contributed by atoms with Gasteiger partial charge in [0.05, 0.1) is 19.3 Å². The lowest BCUT2D eigenvalue weighted by atomic mass is 10.2. The lowest BCUT2D eigenvalue weighted by molar-refractivity contribution is 0.246. The first-order valence-corrected chi connectivity index (χ1v) is 7.96. The average Bonchev–Trinajstić information content (AvgIpc) is 2.54. The minimum absolute atomic E-state index is 0.279. The topological polar surface area (TPSA) is 59.6 Å². The summed E-state index contributed by atoms with van der Waals surface area (Å²) < 4.78 is 11.6. The average molecular weight is 379 g/mol. The number of hydrogen-bond donors (Lipinski definition) is 2. The number of halogens is 1. The molecule has 23 heavy (non-hydrogen) atoms. The third kappa shape index (κ3) is 5.17. The van der Waals surface area contributed by atoms with Gasteiger partial charge >= 0.3 is 6.03 Å². The predicted molar refractivity (Wildman–Crippen MR) is 94.4 cm³/mol. The molecule has 0 saturated heterocycles. The summed E-state index contributed by atoms with van der Waals surface area (Å²) in [6.07, 6.45) is 0. The van der Waals surface area contributed by atoms with Gasteiger partial charge in [-0.25, -0.2) is 4.79 Å². The molecular formula is C17H19BrN2O3. The summed E-state index contributed by atoms with van der Waals surface area (Å²) in [6.45, 7) is 2.72. The number of benzene rings is 2. The second kappa shape index (κ2) is 8.43. The molecule has 0 spiro atoms. The van der Waals surface area contributed by atoms with E-state index < -0.39 is 0 Å². The van der Waals surface area contributed by atoms with Crippen LogP contribution in [0.1, 0.15) is 5.56 Å². The zero-order valence-corrected chi connectivity index (χ0v) is 14.6. The minimum atomic E-state index is -0.279. The molecule has 0 aliphatic carbocycles. The fourth-order valence-corrected chi connectivity index (χ4v) is 2.54. The molecule has 0 aromatic heterocycles. The number of methoxy groups -OCH3 is 1. The summed E-state index contributed by atoms with van der Waals surface area (Å²) >= 11 is 3.42. The van der Waals surface area contributed by atoms with E-state index in [0.717, 1.165) is 15.7 Å². The Bertz CT molecular complexity index is 677. The van der Waals surface area contributed by atoms with Crippen LogP contribution in [0.4, 0.5) is 10.5 Å². The van der Waals surface area contributed by atoms with E-state index in [0.29, 0.717) is 24.7 Å². The van der Waals surface area contributed by atoms with Gasteiger partial charge in [0.1, 0.15) is 6.61 Å². The lowest BCUT2D eigenvalue weighted by Crippen LogP contribution is -2.32. The van der Waals surface area contributed by atoms with Gasteiger partial charge in [0.25, 0.3) is 0 Å². The van der Waals surface area contributed by atoms with Crippen LogP contribution in [0.3, 0.4) is 0 Å². The van der Waals surface area contributed by atoms with Gasteiger partial charge in [-0.15, -0.1) is 0 Å². The van der Waals surface area contributed by atoms with Crippen molar-refractivity contribution in [2.24, 2.45) is 0 Å². The number of urea groups is 1. The molecule has 2 amide bonds. The van der Waals surface area contributed by atoms with Crippen molar-refractivity contribution in [3.8, 4) is 11.5 Å². The molecule has 122 valence electrons. The van der Waals surface area contributed by atoms with Crippen LogP contribution in [-0.2, 0) is 0 Å². The van der Waals surface area contributed by atoms with Crippen molar-refractivity contribution >= 4 is 27.6 Å². The number of nitrogens with one attached hydrogen (secondary N) is 2. The van der Waals surface area contributed by atoms with Crippen LogP contribution in [-0.4, -0.2) is 26.3 Å². The van der Waals surface area contributed by atoms with Gasteiger partial charge in [0.15, 0.2) is 11.5 Å². The summed E-state index contributed by atoms with van der Waals surface area (Å²) in [5.41, 5.74) is 1.84. The monoisotopic (exact) mass is 378 g/mol. The van der Waals surface area contributed by atoms with Crippen molar-refractivity contribution in [2.75, 3.05) is 25.6 Å². The van der Waals surface area contributed by atoms with Crippen LogP contribution in [0, 0.1) is 6.92 Å². The molecule has 2 rings (SSSR count). The molecular weight excluding hydrogens is 360 g/mol. The first-order valence-electron chi connectivity index (χ1n) is 7.17. The molecule has 2 aromatic carbocycles. The summed E-state index contributed by atoms with van der Waals surface area (Å²) in [5.74, 6) is 1.32. The highest BCUT2D eigenvalue weighted by Gasteiger charge is 2.06. The van der Waals surface area contributed by atoms with Crippen molar-refractivity contribution in [1.82, 2.24) is 5.32 Å². The Balaban J connectivity index is 1.76. The van der Waals surface area contributed by atoms with Crippen LogP contribution in [0.15, 0.2) is 46.9 Å². The van der Waals surface area contributed by atoms with Gasteiger partial charge < -0.3 is 20.1 Å². The highest BCUT2D eigenvalue weighted by molar-refractivity contribution is 9.10. The standard InChI is InChI=1S/C17H19BrN2O3/c1-12-7-8-14(13(18)11-12)20-17(21)19-9-10-23-16-6-4-3-5-15(16)22-2/h3-8,11H,9-10H2,1-2H3,(H2,19,20,21). The van der Waals surface area contributed by atoms with E-state index in [1.807, 2.05) is 49.4 Å². The molecule has 0 bridgehead atoms. The number of amides is 2. The summed E-state index contributed by atoms with van der Waals surface area (Å²) in [6, 6.07) is 12.8. The molecule has 5 nitrogen and oxygen atoms in total. The fraction of sp³-hybridized carbons (Fsp3) is 0.235. The number of para-hydroxylation sites is 2. The SMILES string of the molecule is COc1ccccc1OCCNC(=O)Nc1ccc(C)cc1Br. The third-order valence-electron chi connectivity index (χ3n) is 3.09. The summed E-state index contributed by atoms with van der Waals surface area (Å²) in [5, 5.41) is 5.53. The molecule has 0 aliphatic heterocycles. The fourth-order valence-electron chi connectivity index (χ4n) is 1.95. The Morgan fingerprint density at radius 2 is 1.91 bits per heavy atom. The quantitative estimate of drug-likeness (QED) is 0.747. The van der Waals surface area contributed by atoms with Crippen molar-refractivity contribution < 1.29 is 14.3 Å². The maximum atomic E-state index is 11.9. The van der Waals surface area contributed by atoms with Crippen molar-refractivity contribution in [1.29, 1.82) is 0 Å². The number of carbonyl (C=O) groups is 1. The van der Waals surface area contributed by atoms with Crippen LogP contribution < -0.4 is 20.1 Å². The molecule has 0 saturated carbocycles. The summed E-state index contributed by atoms with van der Waals surface area (Å²) in [7, 11) is 1.59. The van der Waals surface area contributed by atoms with Crippen LogP contribution in [0.2, 0.25) is 0 Å². The number of ether oxygens (including phenoxy) is 2. The molecule has 0 aliphatic rings. The first-order chi connectivity index (χ1) is 11.1. The van der Waals surface area contributed by atoms with Crippen LogP contribution in [0.25, 0.3) is 0 Å². The minimum Gasteiger partial charge on any atom is -0.493 e. The predicted octanol–water partition coefficient (Wildman–Crippen LogP) is 3.97. The molecule has 0 atom stereocenters. The van der Waals surface area contributed by atoms with E-state index in [1.165, 1.54) is 0 Å². The van der Waals surface area contributed by atoms with Crippen LogP contribution in [0.5, 0.6) is 11.5 Å². The van der Waals surface area contributed by atoms with E-state index in [4.69, 9.17) is 9.47 Å². The number of hydrogen-bond acceptors (Lipinski definition) is 3. The first kappa shape index (κ1) is 17.1. The lowest BCUT2D eigenvalue weighted by Gasteiger charge is -2.12. The Labute approximate surface area is 144 Å². The highest BCUT2D eigenvalue weighted by atomic mass is 79.9. The van der Waals surface area contributed by atoms with E-state index in [-0.39, 0.29) is 6.03 Å². The normalized spacial score (nSPS) is 10.0. The zero-order chi connectivity index (χ0) is 16.7.